The first-order chi connectivity index (χ1) is 13.3. The van der Waals surface area contributed by atoms with Gasteiger partial charge in [-0.1, -0.05) is 60.7 Å². The fourth-order valence-electron chi connectivity index (χ4n) is 3.86. The van der Waals surface area contributed by atoms with Crippen molar-refractivity contribution in [1.82, 2.24) is 19.6 Å². The van der Waals surface area contributed by atoms with Crippen molar-refractivity contribution < 1.29 is 4.79 Å². The van der Waals surface area contributed by atoms with Gasteiger partial charge in [-0.25, -0.2) is 4.68 Å². The largest absolute Gasteiger partial charge is 0.311 e. The predicted octanol–water partition coefficient (Wildman–Crippen LogP) is 4.57. The molecule has 5 aromatic rings. The molecule has 0 fully saturated rings. The van der Waals surface area contributed by atoms with Crippen molar-refractivity contribution in [3.8, 4) is 0 Å². The summed E-state index contributed by atoms with van der Waals surface area (Å²) in [4.78, 5) is 13.1. The average molecular weight is 354 g/mol. The Morgan fingerprint density at radius 2 is 1.41 bits per heavy atom. The van der Waals surface area contributed by atoms with Crippen molar-refractivity contribution in [1.29, 1.82) is 0 Å². The van der Waals surface area contributed by atoms with Gasteiger partial charge >= 0.3 is 0 Å². The topological polar surface area (TPSA) is 52.7 Å². The summed E-state index contributed by atoms with van der Waals surface area (Å²) in [7, 11) is 0. The molecule has 5 heteroatoms. The monoisotopic (exact) mass is 354 g/mol. The molecule has 132 valence electrons. The lowest BCUT2D eigenvalue weighted by Gasteiger charge is -2.20. The molecule has 5 nitrogen and oxygen atoms in total. The standard InChI is InChI=1S/C22H18N4O/c1-2-21(27)22(26-20-14-8-5-11-17(20)23-24-26)25-18-12-6-3-9-15(18)16-10-4-7-13-19(16)25/h3-14,22H,2H2,1H3. The molecule has 0 saturated heterocycles. The van der Waals surface area contributed by atoms with Crippen molar-refractivity contribution in [3.05, 3.63) is 72.8 Å². The molecule has 3 aromatic carbocycles. The Balaban J connectivity index is 1.89. The molecule has 1 unspecified atom stereocenters. The lowest BCUT2D eigenvalue weighted by atomic mass is 10.2. The van der Waals surface area contributed by atoms with Crippen LogP contribution in [-0.4, -0.2) is 25.3 Å². The number of para-hydroxylation sites is 3. The Kier molecular flexibility index (Phi) is 3.53. The molecule has 2 heterocycles. The van der Waals surface area contributed by atoms with Gasteiger partial charge in [0.05, 0.1) is 16.6 Å². The van der Waals surface area contributed by atoms with Gasteiger partial charge in [0.2, 0.25) is 0 Å². The van der Waals surface area contributed by atoms with Gasteiger partial charge in [0.1, 0.15) is 5.52 Å². The molecule has 0 radical (unpaired) electrons. The summed E-state index contributed by atoms with van der Waals surface area (Å²) in [6.45, 7) is 1.89. The Hall–Kier alpha value is -3.47. The van der Waals surface area contributed by atoms with Crippen LogP contribution in [0.15, 0.2) is 72.8 Å². The number of carbonyl (C=O) groups excluding carboxylic acids is 1. The summed E-state index contributed by atoms with van der Waals surface area (Å²) in [5, 5.41) is 10.9. The third kappa shape index (κ3) is 2.28. The maximum atomic E-state index is 13.1. The number of ketones is 1. The van der Waals surface area contributed by atoms with Crippen molar-refractivity contribution in [2.24, 2.45) is 0 Å². The number of nitrogens with zero attached hydrogens (tertiary/aromatic N) is 4. The molecule has 0 aliphatic heterocycles. The molecule has 0 aliphatic carbocycles. The van der Waals surface area contributed by atoms with Crippen LogP contribution >= 0.6 is 0 Å². The van der Waals surface area contributed by atoms with E-state index in [0.717, 1.165) is 32.8 Å². The normalized spacial score (nSPS) is 12.8. The second-order valence-corrected chi connectivity index (χ2v) is 6.62. The quantitative estimate of drug-likeness (QED) is 0.475. The third-order valence-corrected chi connectivity index (χ3v) is 5.11. The number of aromatic nitrogens is 4. The average Bonchev–Trinajstić information content (AvgIpc) is 3.29. The number of carbonyl (C=O) groups is 1. The molecule has 0 aliphatic rings. The fraction of sp³-hybridized carbons (Fsp3) is 0.136. The van der Waals surface area contributed by atoms with Crippen LogP contribution in [0.4, 0.5) is 0 Å². The predicted molar refractivity (Wildman–Crippen MR) is 107 cm³/mol. The molecular formula is C22H18N4O. The van der Waals surface area contributed by atoms with Crippen molar-refractivity contribution in [3.63, 3.8) is 0 Å². The zero-order valence-corrected chi connectivity index (χ0v) is 14.9. The molecular weight excluding hydrogens is 336 g/mol. The molecule has 0 amide bonds. The van der Waals surface area contributed by atoms with Crippen molar-refractivity contribution in [2.45, 2.75) is 19.5 Å². The van der Waals surface area contributed by atoms with E-state index in [2.05, 4.69) is 39.1 Å². The lowest BCUT2D eigenvalue weighted by molar-refractivity contribution is -0.122. The number of hydrogen-bond acceptors (Lipinski definition) is 3. The zero-order chi connectivity index (χ0) is 18.4. The van der Waals surface area contributed by atoms with Gasteiger partial charge in [-0.3, -0.25) is 4.79 Å². The van der Waals surface area contributed by atoms with E-state index in [4.69, 9.17) is 0 Å². The SMILES string of the molecule is CCC(=O)C(n1nnc2ccccc21)n1c2ccccc2c2ccccc21. The van der Waals surface area contributed by atoms with Gasteiger partial charge in [-0.05, 0) is 24.3 Å². The van der Waals surface area contributed by atoms with E-state index >= 15 is 0 Å². The molecule has 0 N–H and O–H groups in total. The highest BCUT2D eigenvalue weighted by atomic mass is 16.1. The Morgan fingerprint density at radius 3 is 2.04 bits per heavy atom. The van der Waals surface area contributed by atoms with Gasteiger partial charge < -0.3 is 4.57 Å². The Morgan fingerprint density at radius 1 is 0.852 bits per heavy atom. The minimum Gasteiger partial charge on any atom is -0.311 e. The Bertz CT molecular complexity index is 1240. The lowest BCUT2D eigenvalue weighted by Crippen LogP contribution is -2.27. The number of fused-ring (bicyclic) bond motifs is 4. The summed E-state index contributed by atoms with van der Waals surface area (Å²) >= 11 is 0. The minimum absolute atomic E-state index is 0.0946. The van der Waals surface area contributed by atoms with E-state index < -0.39 is 6.17 Å². The summed E-state index contributed by atoms with van der Waals surface area (Å²) in [5.74, 6) is 0.0946. The summed E-state index contributed by atoms with van der Waals surface area (Å²) in [5.41, 5.74) is 3.67. The summed E-state index contributed by atoms with van der Waals surface area (Å²) < 4.78 is 3.84. The van der Waals surface area contributed by atoms with Crippen LogP contribution in [0.1, 0.15) is 19.5 Å². The molecule has 27 heavy (non-hydrogen) atoms. The molecule has 5 rings (SSSR count). The number of benzene rings is 3. The Labute approximate surface area is 155 Å². The second-order valence-electron chi connectivity index (χ2n) is 6.62. The van der Waals surface area contributed by atoms with Gasteiger partial charge in [0.25, 0.3) is 0 Å². The van der Waals surface area contributed by atoms with Crippen molar-refractivity contribution in [2.75, 3.05) is 0 Å². The van der Waals surface area contributed by atoms with Crippen LogP contribution in [0.25, 0.3) is 32.8 Å². The highest BCUT2D eigenvalue weighted by Gasteiger charge is 2.27. The first kappa shape index (κ1) is 15.8. The van der Waals surface area contributed by atoms with Crippen LogP contribution in [0, 0.1) is 0 Å². The van der Waals surface area contributed by atoms with Crippen LogP contribution in [0.3, 0.4) is 0 Å². The van der Waals surface area contributed by atoms with Gasteiger partial charge in [-0.2, -0.15) is 0 Å². The fourth-order valence-corrected chi connectivity index (χ4v) is 3.86. The van der Waals surface area contributed by atoms with E-state index in [1.165, 1.54) is 0 Å². The second kappa shape index (κ2) is 6.06. The first-order valence-corrected chi connectivity index (χ1v) is 9.10. The molecule has 0 spiro atoms. The number of rotatable bonds is 4. The minimum atomic E-state index is -0.577. The van der Waals surface area contributed by atoms with Crippen LogP contribution in [-0.2, 0) is 4.79 Å². The van der Waals surface area contributed by atoms with E-state index in [1.807, 2.05) is 55.5 Å². The maximum absolute atomic E-state index is 13.1. The van der Waals surface area contributed by atoms with E-state index in [-0.39, 0.29) is 5.78 Å². The number of Topliss-reactive ketones (excluding diaryl/α,β-unsaturated/α-hetero) is 1. The van der Waals surface area contributed by atoms with Crippen molar-refractivity contribution >= 4 is 38.6 Å². The maximum Gasteiger partial charge on any atom is 0.189 e. The van der Waals surface area contributed by atoms with Crippen LogP contribution in [0.5, 0.6) is 0 Å². The van der Waals surface area contributed by atoms with Gasteiger partial charge in [0.15, 0.2) is 11.9 Å². The van der Waals surface area contributed by atoms with E-state index in [9.17, 15) is 4.79 Å². The van der Waals surface area contributed by atoms with E-state index in [1.54, 1.807) is 4.68 Å². The first-order valence-electron chi connectivity index (χ1n) is 9.10. The molecule has 2 aromatic heterocycles. The molecule has 0 bridgehead atoms. The third-order valence-electron chi connectivity index (χ3n) is 5.11. The van der Waals surface area contributed by atoms with Crippen LogP contribution < -0.4 is 0 Å². The zero-order valence-electron chi connectivity index (χ0n) is 14.9. The summed E-state index contributed by atoms with van der Waals surface area (Å²) in [6.07, 6.45) is -0.160. The molecule has 1 atom stereocenters. The summed E-state index contributed by atoms with van der Waals surface area (Å²) in [6, 6.07) is 24.1. The molecule has 0 saturated carbocycles. The van der Waals surface area contributed by atoms with Gasteiger partial charge in [-0.15, -0.1) is 5.10 Å². The number of hydrogen-bond donors (Lipinski definition) is 0. The smallest absolute Gasteiger partial charge is 0.189 e. The highest BCUT2D eigenvalue weighted by Crippen LogP contribution is 2.33. The highest BCUT2D eigenvalue weighted by molar-refractivity contribution is 6.09. The van der Waals surface area contributed by atoms with Crippen LogP contribution in [0.2, 0.25) is 0 Å². The van der Waals surface area contributed by atoms with E-state index in [0.29, 0.717) is 6.42 Å². The van der Waals surface area contributed by atoms with Gasteiger partial charge in [0, 0.05) is 17.2 Å².